The van der Waals surface area contributed by atoms with Gasteiger partial charge in [-0.15, -0.1) is 0 Å². The van der Waals surface area contributed by atoms with Gasteiger partial charge in [-0.3, -0.25) is 5.10 Å². The van der Waals surface area contributed by atoms with Gasteiger partial charge in [-0.05, 0) is 51.4 Å². The summed E-state index contributed by atoms with van der Waals surface area (Å²) in [7, 11) is 2.16. The Morgan fingerprint density at radius 1 is 1.16 bits per heavy atom. The quantitative estimate of drug-likeness (QED) is 0.526. The van der Waals surface area contributed by atoms with Crippen molar-refractivity contribution in [2.75, 3.05) is 56.2 Å². The molecular weight excluding hydrogens is 466 g/mol. The topological polar surface area (TPSA) is 109 Å². The number of nitrogens with zero attached hydrogens (tertiary/aromatic N) is 7. The van der Waals surface area contributed by atoms with Crippen molar-refractivity contribution >= 4 is 22.4 Å². The summed E-state index contributed by atoms with van der Waals surface area (Å²) in [4.78, 5) is 17.1. The number of hydrogen-bond acceptors (Lipinski definition) is 9. The number of aromatic nitrogens is 4. The maximum Gasteiger partial charge on any atom is 0.318 e. The Morgan fingerprint density at radius 2 is 2.11 bits per heavy atom. The number of hydrogen-bond donors (Lipinski definition) is 2. The van der Waals surface area contributed by atoms with E-state index >= 15 is 0 Å². The average molecular weight is 502 g/mol. The number of likely N-dealkylation sites (tertiary alicyclic amines) is 1. The number of ether oxygens (including phenoxy) is 1. The average Bonchev–Trinajstić information content (AvgIpc) is 3.50. The molecular formula is C27H35N9O. The van der Waals surface area contributed by atoms with Crippen LogP contribution in [-0.2, 0) is 13.0 Å². The van der Waals surface area contributed by atoms with E-state index in [1.807, 2.05) is 6.20 Å². The number of fused-ring (bicyclic) bond motifs is 2. The zero-order valence-electron chi connectivity index (χ0n) is 21.5. The van der Waals surface area contributed by atoms with Crippen molar-refractivity contribution in [1.82, 2.24) is 30.4 Å². The van der Waals surface area contributed by atoms with E-state index in [1.54, 1.807) is 0 Å². The number of nitrogens with one attached hydrogen (secondary N) is 2. The Morgan fingerprint density at radius 3 is 2.97 bits per heavy atom. The van der Waals surface area contributed by atoms with Gasteiger partial charge in [0.15, 0.2) is 0 Å². The van der Waals surface area contributed by atoms with Gasteiger partial charge < -0.3 is 24.8 Å². The standard InChI is InChI=1S/C27H35N9O/c1-34-12-3-5-20(34)18-37-27-31-24-17-35(25-8-2-7-23-22(25)15-30-33-23)13-4-6-21(24)26(32-27)36-14-11-29-19(16-36)9-10-28/h2,7-8,15,19-20,29H,3-6,9,11-14,16-18H2,1H3,(H,30,33)/t19-,20-/m0/s1. The maximum absolute atomic E-state index is 9.27. The van der Waals surface area contributed by atoms with E-state index < -0.39 is 0 Å². The van der Waals surface area contributed by atoms with Crippen molar-refractivity contribution in [2.24, 2.45) is 0 Å². The molecule has 0 radical (unpaired) electrons. The van der Waals surface area contributed by atoms with Crippen LogP contribution in [0.4, 0.5) is 11.5 Å². The van der Waals surface area contributed by atoms with Gasteiger partial charge >= 0.3 is 6.01 Å². The summed E-state index contributed by atoms with van der Waals surface area (Å²) < 4.78 is 6.28. The second kappa shape index (κ2) is 10.5. The second-order valence-electron chi connectivity index (χ2n) is 10.4. The van der Waals surface area contributed by atoms with Crippen molar-refractivity contribution in [2.45, 2.75) is 50.7 Å². The first kappa shape index (κ1) is 23.9. The van der Waals surface area contributed by atoms with Gasteiger partial charge in [0.05, 0.1) is 36.4 Å². The van der Waals surface area contributed by atoms with E-state index in [2.05, 4.69) is 61.5 Å². The summed E-state index contributed by atoms with van der Waals surface area (Å²) in [6.45, 7) is 5.80. The van der Waals surface area contributed by atoms with Crippen LogP contribution in [0.3, 0.4) is 0 Å². The summed E-state index contributed by atoms with van der Waals surface area (Å²) >= 11 is 0. The fraction of sp³-hybridized carbons (Fsp3) is 0.556. The number of benzene rings is 1. The third-order valence-corrected chi connectivity index (χ3v) is 8.02. The molecule has 10 nitrogen and oxygen atoms in total. The molecule has 0 saturated carbocycles. The van der Waals surface area contributed by atoms with Gasteiger partial charge in [0.1, 0.15) is 12.4 Å². The maximum atomic E-state index is 9.27. The van der Waals surface area contributed by atoms with Gasteiger partial charge in [-0.2, -0.15) is 20.3 Å². The van der Waals surface area contributed by atoms with Crippen molar-refractivity contribution in [3.63, 3.8) is 0 Å². The number of likely N-dealkylation sites (N-methyl/N-ethyl adjacent to an activating group) is 1. The Balaban J connectivity index is 1.34. The molecule has 0 bridgehead atoms. The third-order valence-electron chi connectivity index (χ3n) is 8.02. The lowest BCUT2D eigenvalue weighted by Gasteiger charge is -2.35. The Bertz CT molecular complexity index is 1280. The molecule has 1 aromatic carbocycles. The normalized spacial score (nSPS) is 22.6. The number of H-pyrrole nitrogens is 1. The number of nitriles is 1. The van der Waals surface area contributed by atoms with Crippen LogP contribution in [0.1, 0.15) is 36.9 Å². The highest BCUT2D eigenvalue weighted by Gasteiger charge is 2.29. The summed E-state index contributed by atoms with van der Waals surface area (Å²) in [6, 6.07) is 9.64. The molecule has 3 aliphatic rings. The van der Waals surface area contributed by atoms with Crippen LogP contribution in [0, 0.1) is 11.3 Å². The molecule has 0 aliphatic carbocycles. The summed E-state index contributed by atoms with van der Waals surface area (Å²) in [5.74, 6) is 0.979. The fourth-order valence-corrected chi connectivity index (χ4v) is 5.97. The van der Waals surface area contributed by atoms with Crippen molar-refractivity contribution < 1.29 is 4.74 Å². The SMILES string of the molecule is CN1CCC[C@H]1COc1nc2c(c(N3CCN[C@@H](CC#N)C3)n1)CCCN(c1cccc3[nH]ncc13)C2. The van der Waals surface area contributed by atoms with Gasteiger partial charge in [-0.25, -0.2) is 0 Å². The summed E-state index contributed by atoms with van der Waals surface area (Å²) in [6.07, 6.45) is 6.68. The molecule has 3 aliphatic heterocycles. The minimum atomic E-state index is 0.141. The number of anilines is 2. The zero-order valence-corrected chi connectivity index (χ0v) is 21.5. The van der Waals surface area contributed by atoms with Crippen LogP contribution in [-0.4, -0.2) is 83.5 Å². The van der Waals surface area contributed by atoms with Gasteiger partial charge in [0.25, 0.3) is 0 Å². The number of piperazine rings is 1. The first-order valence-electron chi connectivity index (χ1n) is 13.4. The van der Waals surface area contributed by atoms with E-state index in [0.717, 1.165) is 74.4 Å². The van der Waals surface area contributed by atoms with Crippen molar-refractivity contribution in [3.8, 4) is 12.1 Å². The molecule has 5 heterocycles. The number of rotatable bonds is 6. The van der Waals surface area contributed by atoms with E-state index in [1.165, 1.54) is 17.7 Å². The molecule has 2 aromatic heterocycles. The van der Waals surface area contributed by atoms with E-state index in [9.17, 15) is 5.26 Å². The molecule has 0 unspecified atom stereocenters. The predicted octanol–water partition coefficient (Wildman–Crippen LogP) is 2.47. The summed E-state index contributed by atoms with van der Waals surface area (Å²) in [5, 5.41) is 21.2. The fourth-order valence-electron chi connectivity index (χ4n) is 5.97. The van der Waals surface area contributed by atoms with Gasteiger partial charge in [0, 0.05) is 54.9 Å². The van der Waals surface area contributed by atoms with Crippen molar-refractivity contribution in [1.29, 1.82) is 5.26 Å². The third kappa shape index (κ3) is 4.93. The molecule has 37 heavy (non-hydrogen) atoms. The first-order valence-corrected chi connectivity index (χ1v) is 13.4. The Labute approximate surface area is 217 Å². The number of aromatic amines is 1. The van der Waals surface area contributed by atoms with Gasteiger partial charge in [-0.1, -0.05) is 6.07 Å². The van der Waals surface area contributed by atoms with Gasteiger partial charge in [0.2, 0.25) is 0 Å². The van der Waals surface area contributed by atoms with Crippen molar-refractivity contribution in [3.05, 3.63) is 35.7 Å². The predicted molar refractivity (Wildman–Crippen MR) is 143 cm³/mol. The lowest BCUT2D eigenvalue weighted by molar-refractivity contribution is 0.187. The van der Waals surface area contributed by atoms with E-state index in [-0.39, 0.29) is 6.04 Å². The van der Waals surface area contributed by atoms with Crippen LogP contribution in [0.2, 0.25) is 0 Å². The molecule has 0 spiro atoms. The van der Waals surface area contributed by atoms with Crippen LogP contribution < -0.4 is 19.9 Å². The van der Waals surface area contributed by atoms with Crippen LogP contribution >= 0.6 is 0 Å². The molecule has 0 amide bonds. The molecule has 194 valence electrons. The Hall–Kier alpha value is -3.42. The first-order chi connectivity index (χ1) is 18.2. The minimum Gasteiger partial charge on any atom is -0.462 e. The van der Waals surface area contributed by atoms with Crippen LogP contribution in [0.15, 0.2) is 24.4 Å². The highest BCUT2D eigenvalue weighted by atomic mass is 16.5. The lowest BCUT2D eigenvalue weighted by Crippen LogP contribution is -2.51. The minimum absolute atomic E-state index is 0.141. The highest BCUT2D eigenvalue weighted by Crippen LogP contribution is 2.33. The summed E-state index contributed by atoms with van der Waals surface area (Å²) in [5.41, 5.74) is 4.46. The lowest BCUT2D eigenvalue weighted by atomic mass is 10.1. The van der Waals surface area contributed by atoms with Crippen LogP contribution in [0.5, 0.6) is 6.01 Å². The largest absolute Gasteiger partial charge is 0.462 e. The highest BCUT2D eigenvalue weighted by molar-refractivity contribution is 5.91. The smallest absolute Gasteiger partial charge is 0.318 e. The molecule has 2 saturated heterocycles. The van der Waals surface area contributed by atoms with E-state index in [0.29, 0.717) is 31.6 Å². The van der Waals surface area contributed by atoms with E-state index in [4.69, 9.17) is 14.7 Å². The second-order valence-corrected chi connectivity index (χ2v) is 10.4. The Kier molecular flexibility index (Phi) is 6.81. The molecule has 10 heteroatoms. The molecule has 2 fully saturated rings. The van der Waals surface area contributed by atoms with Crippen LogP contribution in [0.25, 0.3) is 10.9 Å². The monoisotopic (exact) mass is 501 g/mol. The molecule has 6 rings (SSSR count). The molecule has 3 aromatic rings. The molecule has 2 atom stereocenters. The molecule has 2 N–H and O–H groups in total. The zero-order chi connectivity index (χ0) is 25.2.